The molecule has 0 bridgehead atoms. The highest BCUT2D eigenvalue weighted by Crippen LogP contribution is 2.40. The van der Waals surface area contributed by atoms with E-state index in [0.717, 1.165) is 18.5 Å². The summed E-state index contributed by atoms with van der Waals surface area (Å²) in [4.78, 5) is 12.3. The SMILES string of the molecule is COc1ccc(NC(=O)c2cc(C3CC3)n(C)n2)cc1OC(F)F. The lowest BCUT2D eigenvalue weighted by molar-refractivity contribution is -0.0511. The molecule has 0 spiro atoms. The topological polar surface area (TPSA) is 65.4 Å². The molecule has 3 rings (SSSR count). The molecule has 1 fully saturated rings. The zero-order valence-corrected chi connectivity index (χ0v) is 13.3. The van der Waals surface area contributed by atoms with Crippen molar-refractivity contribution in [2.45, 2.75) is 25.4 Å². The highest BCUT2D eigenvalue weighted by atomic mass is 19.3. The van der Waals surface area contributed by atoms with E-state index in [4.69, 9.17) is 4.74 Å². The summed E-state index contributed by atoms with van der Waals surface area (Å²) in [5.41, 5.74) is 1.62. The molecule has 1 amide bonds. The van der Waals surface area contributed by atoms with Gasteiger partial charge in [-0.1, -0.05) is 0 Å². The number of nitrogens with one attached hydrogen (secondary N) is 1. The number of methoxy groups -OCH3 is 1. The van der Waals surface area contributed by atoms with Gasteiger partial charge in [0, 0.05) is 30.4 Å². The summed E-state index contributed by atoms with van der Waals surface area (Å²) in [6, 6.07) is 6.03. The van der Waals surface area contributed by atoms with Crippen LogP contribution in [0.5, 0.6) is 11.5 Å². The van der Waals surface area contributed by atoms with Gasteiger partial charge in [-0.05, 0) is 31.0 Å². The van der Waals surface area contributed by atoms with Gasteiger partial charge in [0.25, 0.3) is 5.91 Å². The first-order valence-electron chi connectivity index (χ1n) is 7.46. The van der Waals surface area contributed by atoms with Crippen LogP contribution in [-0.4, -0.2) is 29.4 Å². The smallest absolute Gasteiger partial charge is 0.387 e. The van der Waals surface area contributed by atoms with E-state index in [0.29, 0.717) is 11.6 Å². The minimum Gasteiger partial charge on any atom is -0.493 e. The van der Waals surface area contributed by atoms with Gasteiger partial charge in [-0.3, -0.25) is 9.48 Å². The summed E-state index contributed by atoms with van der Waals surface area (Å²) in [5, 5.41) is 6.83. The summed E-state index contributed by atoms with van der Waals surface area (Å²) in [6.07, 6.45) is 2.21. The molecule has 1 saturated carbocycles. The fraction of sp³-hybridized carbons (Fsp3) is 0.375. The maximum atomic E-state index is 12.4. The van der Waals surface area contributed by atoms with E-state index in [1.54, 1.807) is 23.9 Å². The summed E-state index contributed by atoms with van der Waals surface area (Å²) in [6.45, 7) is -2.98. The average molecular weight is 337 g/mol. The Bertz CT molecular complexity index is 757. The van der Waals surface area contributed by atoms with Crippen molar-refractivity contribution in [3.63, 3.8) is 0 Å². The lowest BCUT2D eigenvalue weighted by atomic mass is 10.2. The van der Waals surface area contributed by atoms with E-state index < -0.39 is 12.5 Å². The lowest BCUT2D eigenvalue weighted by Gasteiger charge is -2.11. The Morgan fingerprint density at radius 1 is 1.33 bits per heavy atom. The van der Waals surface area contributed by atoms with E-state index in [2.05, 4.69) is 15.2 Å². The molecule has 0 aliphatic heterocycles. The highest BCUT2D eigenvalue weighted by molar-refractivity contribution is 6.03. The third kappa shape index (κ3) is 3.47. The molecule has 0 radical (unpaired) electrons. The number of hydrogen-bond donors (Lipinski definition) is 1. The first-order valence-corrected chi connectivity index (χ1v) is 7.46. The number of amides is 1. The first kappa shape index (κ1) is 16.2. The average Bonchev–Trinajstić information content (AvgIpc) is 3.29. The van der Waals surface area contributed by atoms with Crippen LogP contribution in [0.2, 0.25) is 0 Å². The van der Waals surface area contributed by atoms with Gasteiger partial charge in [0.2, 0.25) is 0 Å². The number of halogens is 2. The fourth-order valence-corrected chi connectivity index (χ4v) is 2.49. The third-order valence-corrected chi connectivity index (χ3v) is 3.78. The largest absolute Gasteiger partial charge is 0.493 e. The minimum atomic E-state index is -2.98. The van der Waals surface area contributed by atoms with Crippen LogP contribution in [0.4, 0.5) is 14.5 Å². The van der Waals surface area contributed by atoms with Crippen molar-refractivity contribution in [1.29, 1.82) is 0 Å². The number of alkyl halides is 2. The van der Waals surface area contributed by atoms with Crippen molar-refractivity contribution in [1.82, 2.24) is 9.78 Å². The number of ether oxygens (including phenoxy) is 2. The molecule has 0 atom stereocenters. The minimum absolute atomic E-state index is 0.148. The van der Waals surface area contributed by atoms with E-state index >= 15 is 0 Å². The molecule has 1 aliphatic carbocycles. The molecule has 1 aromatic heterocycles. The Morgan fingerprint density at radius 2 is 2.08 bits per heavy atom. The van der Waals surface area contributed by atoms with Crippen LogP contribution in [0.3, 0.4) is 0 Å². The summed E-state index contributed by atoms with van der Waals surface area (Å²) in [7, 11) is 3.14. The van der Waals surface area contributed by atoms with Crippen LogP contribution < -0.4 is 14.8 Å². The Morgan fingerprint density at radius 3 is 2.71 bits per heavy atom. The lowest BCUT2D eigenvalue weighted by Crippen LogP contribution is -2.13. The Labute approximate surface area is 137 Å². The quantitative estimate of drug-likeness (QED) is 0.879. The van der Waals surface area contributed by atoms with Crippen molar-refractivity contribution in [3.05, 3.63) is 35.7 Å². The van der Waals surface area contributed by atoms with Crippen LogP contribution in [0, 0.1) is 0 Å². The van der Waals surface area contributed by atoms with E-state index in [9.17, 15) is 13.6 Å². The third-order valence-electron chi connectivity index (χ3n) is 3.78. The van der Waals surface area contributed by atoms with Crippen LogP contribution in [0.15, 0.2) is 24.3 Å². The maximum absolute atomic E-state index is 12.4. The molecule has 1 N–H and O–H groups in total. The van der Waals surface area contributed by atoms with Crippen molar-refractivity contribution in [2.24, 2.45) is 7.05 Å². The van der Waals surface area contributed by atoms with Gasteiger partial charge < -0.3 is 14.8 Å². The van der Waals surface area contributed by atoms with Gasteiger partial charge in [0.15, 0.2) is 17.2 Å². The molecule has 0 saturated heterocycles. The molecule has 1 aliphatic rings. The monoisotopic (exact) mass is 337 g/mol. The number of aromatic nitrogens is 2. The van der Waals surface area contributed by atoms with Crippen LogP contribution in [0.25, 0.3) is 0 Å². The number of carbonyl (C=O) groups is 1. The van der Waals surface area contributed by atoms with Crippen molar-refractivity contribution < 1.29 is 23.0 Å². The second-order valence-electron chi connectivity index (χ2n) is 5.55. The van der Waals surface area contributed by atoms with Crippen LogP contribution >= 0.6 is 0 Å². The van der Waals surface area contributed by atoms with Crippen molar-refractivity contribution in [2.75, 3.05) is 12.4 Å². The number of aryl methyl sites for hydroxylation is 1. The highest BCUT2D eigenvalue weighted by Gasteiger charge is 2.28. The zero-order valence-electron chi connectivity index (χ0n) is 13.3. The molecule has 6 nitrogen and oxygen atoms in total. The predicted molar refractivity (Wildman–Crippen MR) is 82.8 cm³/mol. The van der Waals surface area contributed by atoms with E-state index in [-0.39, 0.29) is 17.2 Å². The normalized spacial score (nSPS) is 13.9. The molecular formula is C16H17F2N3O3. The molecular weight excluding hydrogens is 320 g/mol. The zero-order chi connectivity index (χ0) is 17.3. The van der Waals surface area contributed by atoms with Gasteiger partial charge in [0.1, 0.15) is 0 Å². The molecule has 2 aromatic rings. The number of nitrogens with zero attached hydrogens (tertiary/aromatic N) is 2. The van der Waals surface area contributed by atoms with Crippen LogP contribution in [-0.2, 0) is 7.05 Å². The molecule has 1 aromatic carbocycles. The number of anilines is 1. The Kier molecular flexibility index (Phi) is 4.37. The van der Waals surface area contributed by atoms with Gasteiger partial charge >= 0.3 is 6.61 Å². The summed E-state index contributed by atoms with van der Waals surface area (Å²) < 4.78 is 35.9. The van der Waals surface area contributed by atoms with Gasteiger partial charge in [-0.25, -0.2) is 0 Å². The van der Waals surface area contributed by atoms with Crippen molar-refractivity contribution >= 4 is 11.6 Å². The second-order valence-corrected chi connectivity index (χ2v) is 5.55. The van der Waals surface area contributed by atoms with Crippen LogP contribution in [0.1, 0.15) is 34.9 Å². The van der Waals surface area contributed by atoms with E-state index in [1.165, 1.54) is 19.2 Å². The molecule has 24 heavy (non-hydrogen) atoms. The standard InChI is InChI=1S/C16H17F2N3O3/c1-21-12(9-3-4-9)8-11(20-21)15(22)19-10-5-6-13(23-2)14(7-10)24-16(17)18/h5-9,16H,3-4H2,1-2H3,(H,19,22). The maximum Gasteiger partial charge on any atom is 0.387 e. The van der Waals surface area contributed by atoms with Gasteiger partial charge in [-0.15, -0.1) is 0 Å². The predicted octanol–water partition coefficient (Wildman–Crippen LogP) is 3.16. The summed E-state index contributed by atoms with van der Waals surface area (Å²) >= 11 is 0. The molecule has 128 valence electrons. The first-order chi connectivity index (χ1) is 11.5. The molecule has 0 unspecified atom stereocenters. The fourth-order valence-electron chi connectivity index (χ4n) is 2.49. The Hall–Kier alpha value is -2.64. The Balaban J connectivity index is 1.77. The molecule has 1 heterocycles. The number of rotatable bonds is 6. The second kappa shape index (κ2) is 6.46. The number of carbonyl (C=O) groups excluding carboxylic acids is 1. The number of hydrogen-bond acceptors (Lipinski definition) is 4. The van der Waals surface area contributed by atoms with Gasteiger partial charge in [-0.2, -0.15) is 13.9 Å². The van der Waals surface area contributed by atoms with Crippen molar-refractivity contribution in [3.8, 4) is 11.5 Å². The van der Waals surface area contributed by atoms with E-state index in [1.807, 2.05) is 0 Å². The number of benzene rings is 1. The van der Waals surface area contributed by atoms with Gasteiger partial charge in [0.05, 0.1) is 7.11 Å². The molecule has 8 heteroatoms. The summed E-state index contributed by atoms with van der Waals surface area (Å²) in [5.74, 6) is 0.0638.